The second-order valence-corrected chi connectivity index (χ2v) is 3.57. The minimum Gasteiger partial charge on any atom is -0.507 e. The zero-order valence-corrected chi connectivity index (χ0v) is 9.44. The van der Waals surface area contributed by atoms with E-state index in [0.717, 1.165) is 0 Å². The average Bonchev–Trinajstić information content (AvgIpc) is 2.60. The molecule has 0 saturated heterocycles. The number of aromatic nitrogens is 2. The molecule has 0 amide bonds. The molecular formula is C11H12FN3O2. The van der Waals surface area contributed by atoms with Crippen molar-refractivity contribution in [2.45, 2.75) is 0 Å². The van der Waals surface area contributed by atoms with Gasteiger partial charge in [0.25, 0.3) is 0 Å². The molecule has 17 heavy (non-hydrogen) atoms. The van der Waals surface area contributed by atoms with Gasteiger partial charge in [-0.2, -0.15) is 5.10 Å². The Morgan fingerprint density at radius 2 is 2.18 bits per heavy atom. The van der Waals surface area contributed by atoms with Gasteiger partial charge >= 0.3 is 0 Å². The van der Waals surface area contributed by atoms with E-state index in [1.165, 1.54) is 30.1 Å². The molecule has 2 rings (SSSR count). The van der Waals surface area contributed by atoms with E-state index in [9.17, 15) is 9.50 Å². The van der Waals surface area contributed by atoms with Crippen LogP contribution in [0.25, 0.3) is 11.1 Å². The maximum atomic E-state index is 13.8. The Morgan fingerprint density at radius 3 is 2.65 bits per heavy atom. The van der Waals surface area contributed by atoms with E-state index in [-0.39, 0.29) is 22.9 Å². The van der Waals surface area contributed by atoms with E-state index in [0.29, 0.717) is 5.56 Å². The summed E-state index contributed by atoms with van der Waals surface area (Å²) in [6, 6.07) is 2.51. The topological polar surface area (TPSA) is 73.3 Å². The molecule has 6 heteroatoms. The maximum Gasteiger partial charge on any atom is 0.138 e. The van der Waals surface area contributed by atoms with Gasteiger partial charge in [-0.3, -0.25) is 4.68 Å². The predicted molar refractivity (Wildman–Crippen MR) is 61.2 cm³/mol. The monoisotopic (exact) mass is 237 g/mol. The summed E-state index contributed by atoms with van der Waals surface area (Å²) in [7, 11) is 3.03. The van der Waals surface area contributed by atoms with Crippen LogP contribution in [-0.4, -0.2) is 22.0 Å². The highest BCUT2D eigenvalue weighted by molar-refractivity contribution is 5.79. The maximum absolute atomic E-state index is 13.8. The molecular weight excluding hydrogens is 225 g/mol. The second-order valence-electron chi connectivity index (χ2n) is 3.57. The third-order valence-corrected chi connectivity index (χ3v) is 2.53. The Bertz CT molecular complexity index is 543. The van der Waals surface area contributed by atoms with Gasteiger partial charge in [-0.1, -0.05) is 0 Å². The van der Waals surface area contributed by atoms with Gasteiger partial charge in [0.05, 0.1) is 24.4 Å². The zero-order chi connectivity index (χ0) is 12.6. The minimum absolute atomic E-state index is 0.0244. The Hall–Kier alpha value is -2.24. The molecule has 0 unspecified atom stereocenters. The molecule has 5 nitrogen and oxygen atoms in total. The molecule has 3 N–H and O–H groups in total. The molecule has 0 radical (unpaired) electrons. The number of hydrogen-bond donors (Lipinski definition) is 2. The molecule has 90 valence electrons. The number of benzene rings is 1. The molecule has 1 aromatic carbocycles. The van der Waals surface area contributed by atoms with Crippen molar-refractivity contribution in [2.75, 3.05) is 12.8 Å². The smallest absolute Gasteiger partial charge is 0.138 e. The lowest BCUT2D eigenvalue weighted by Gasteiger charge is -2.08. The quantitative estimate of drug-likeness (QED) is 0.830. The molecule has 0 aliphatic rings. The standard InChI is InChI=1S/C11H12FN3O2/c1-15-11(13)7(5-14-15)10-8(12)3-6(17-2)4-9(10)16/h3-5,16H,13H2,1-2H3. The summed E-state index contributed by atoms with van der Waals surface area (Å²) in [5.74, 6) is -0.321. The molecule has 0 atom stereocenters. The van der Waals surface area contributed by atoms with Crippen LogP contribution >= 0.6 is 0 Å². The number of ether oxygens (including phenoxy) is 1. The molecule has 1 aromatic heterocycles. The number of aryl methyl sites for hydroxylation is 1. The van der Waals surface area contributed by atoms with Crippen LogP contribution in [-0.2, 0) is 7.05 Å². The van der Waals surface area contributed by atoms with E-state index in [4.69, 9.17) is 10.5 Å². The van der Waals surface area contributed by atoms with E-state index in [2.05, 4.69) is 5.10 Å². The van der Waals surface area contributed by atoms with Gasteiger partial charge in [0, 0.05) is 19.2 Å². The average molecular weight is 237 g/mol. The molecule has 0 saturated carbocycles. The fourth-order valence-corrected chi connectivity index (χ4v) is 1.59. The third kappa shape index (κ3) is 1.77. The first-order valence-electron chi connectivity index (χ1n) is 4.89. The number of phenolic OH excluding ortho intramolecular Hbond substituents is 1. The molecule has 1 heterocycles. The van der Waals surface area contributed by atoms with E-state index >= 15 is 0 Å². The fraction of sp³-hybridized carbons (Fsp3) is 0.182. The van der Waals surface area contributed by atoms with Gasteiger partial charge in [0.1, 0.15) is 23.1 Å². The summed E-state index contributed by atoms with van der Waals surface area (Å²) in [5.41, 5.74) is 6.11. The summed E-state index contributed by atoms with van der Waals surface area (Å²) >= 11 is 0. The van der Waals surface area contributed by atoms with Gasteiger partial charge in [-0.05, 0) is 0 Å². The van der Waals surface area contributed by atoms with Gasteiger partial charge in [-0.25, -0.2) is 4.39 Å². The van der Waals surface area contributed by atoms with E-state index in [1.54, 1.807) is 7.05 Å². The fourth-order valence-electron chi connectivity index (χ4n) is 1.59. The first kappa shape index (κ1) is 11.3. The minimum atomic E-state index is -0.610. The van der Waals surface area contributed by atoms with Crippen LogP contribution in [0.2, 0.25) is 0 Å². The predicted octanol–water partition coefficient (Wildman–Crippen LogP) is 1.52. The Morgan fingerprint density at radius 1 is 1.47 bits per heavy atom. The third-order valence-electron chi connectivity index (χ3n) is 2.53. The summed E-state index contributed by atoms with van der Waals surface area (Å²) < 4.78 is 20.1. The van der Waals surface area contributed by atoms with Crippen LogP contribution < -0.4 is 10.5 Å². The van der Waals surface area contributed by atoms with Gasteiger partial charge < -0.3 is 15.6 Å². The number of halogens is 1. The van der Waals surface area contributed by atoms with Crippen LogP contribution in [0.3, 0.4) is 0 Å². The largest absolute Gasteiger partial charge is 0.507 e. The number of nitrogens with two attached hydrogens (primary N) is 1. The van der Waals surface area contributed by atoms with Gasteiger partial charge in [0.15, 0.2) is 0 Å². The van der Waals surface area contributed by atoms with Gasteiger partial charge in [-0.15, -0.1) is 0 Å². The second kappa shape index (κ2) is 3.97. The van der Waals surface area contributed by atoms with Crippen molar-refractivity contribution < 1.29 is 14.2 Å². The number of anilines is 1. The summed E-state index contributed by atoms with van der Waals surface area (Å²) in [4.78, 5) is 0. The number of methoxy groups -OCH3 is 1. The molecule has 0 spiro atoms. The Labute approximate surface area is 97.2 Å². The zero-order valence-electron chi connectivity index (χ0n) is 9.44. The molecule has 2 aromatic rings. The molecule has 0 aliphatic heterocycles. The number of rotatable bonds is 2. The first-order valence-corrected chi connectivity index (χ1v) is 4.89. The highest BCUT2D eigenvalue weighted by Gasteiger charge is 2.17. The van der Waals surface area contributed by atoms with Crippen molar-refractivity contribution in [3.05, 3.63) is 24.1 Å². The number of hydrogen-bond acceptors (Lipinski definition) is 4. The molecule has 0 fully saturated rings. The normalized spacial score (nSPS) is 10.5. The van der Waals surface area contributed by atoms with E-state index in [1.807, 2.05) is 0 Å². The van der Waals surface area contributed by atoms with Crippen LogP contribution in [0, 0.1) is 5.82 Å². The van der Waals surface area contributed by atoms with Crippen molar-refractivity contribution in [1.82, 2.24) is 9.78 Å². The number of phenols is 1. The molecule has 0 bridgehead atoms. The van der Waals surface area contributed by atoms with Gasteiger partial charge in [0.2, 0.25) is 0 Å². The summed E-state index contributed by atoms with van der Waals surface area (Å²) in [6.07, 6.45) is 1.40. The van der Waals surface area contributed by atoms with Crippen LogP contribution in [0.4, 0.5) is 10.2 Å². The Balaban J connectivity index is 2.64. The van der Waals surface area contributed by atoms with E-state index < -0.39 is 5.82 Å². The number of nitrogens with zero attached hydrogens (tertiary/aromatic N) is 2. The van der Waals surface area contributed by atoms with Crippen molar-refractivity contribution in [1.29, 1.82) is 0 Å². The summed E-state index contributed by atoms with van der Waals surface area (Å²) in [6.45, 7) is 0. The van der Waals surface area contributed by atoms with Crippen LogP contribution in [0.15, 0.2) is 18.3 Å². The van der Waals surface area contributed by atoms with Crippen LogP contribution in [0.1, 0.15) is 0 Å². The molecule has 0 aliphatic carbocycles. The number of aromatic hydroxyl groups is 1. The summed E-state index contributed by atoms with van der Waals surface area (Å²) in [5, 5.41) is 13.7. The van der Waals surface area contributed by atoms with Crippen LogP contribution in [0.5, 0.6) is 11.5 Å². The first-order chi connectivity index (χ1) is 8.04. The highest BCUT2D eigenvalue weighted by atomic mass is 19.1. The SMILES string of the molecule is COc1cc(O)c(-c2cnn(C)c2N)c(F)c1. The van der Waals surface area contributed by atoms with Crippen molar-refractivity contribution >= 4 is 5.82 Å². The van der Waals surface area contributed by atoms with Crippen molar-refractivity contribution in [3.63, 3.8) is 0 Å². The van der Waals surface area contributed by atoms with Crippen molar-refractivity contribution in [2.24, 2.45) is 7.05 Å². The van der Waals surface area contributed by atoms with Crippen molar-refractivity contribution in [3.8, 4) is 22.6 Å². The highest BCUT2D eigenvalue weighted by Crippen LogP contribution is 2.37. The Kier molecular flexibility index (Phi) is 2.63. The lowest BCUT2D eigenvalue weighted by Crippen LogP contribution is -1.99. The number of nitrogen functional groups attached to an aromatic ring is 1. The lowest BCUT2D eigenvalue weighted by molar-refractivity contribution is 0.403. The lowest BCUT2D eigenvalue weighted by atomic mass is 10.1.